The fourth-order valence-corrected chi connectivity index (χ4v) is 1.71. The summed E-state index contributed by atoms with van der Waals surface area (Å²) in [6.45, 7) is 3.11. The van der Waals surface area contributed by atoms with Crippen LogP contribution in [0, 0.1) is 0 Å². The molecule has 84 valence electrons. The first kappa shape index (κ1) is 13.7. The molecular formula is C14H21LiO. The molecule has 0 fully saturated rings. The SMILES string of the molecule is [Li][c]1ccc(OCCCCCCCC)cc1. The van der Waals surface area contributed by atoms with Crippen LogP contribution >= 0.6 is 0 Å². The van der Waals surface area contributed by atoms with Gasteiger partial charge < -0.3 is 0 Å². The molecule has 0 unspecified atom stereocenters. The van der Waals surface area contributed by atoms with Gasteiger partial charge in [-0.05, 0) is 0 Å². The average molecular weight is 212 g/mol. The topological polar surface area (TPSA) is 9.23 Å². The number of ether oxygens (including phenoxy) is 1. The van der Waals surface area contributed by atoms with Crippen LogP contribution in [-0.2, 0) is 0 Å². The molecular weight excluding hydrogens is 191 g/mol. The molecule has 2 heteroatoms. The molecule has 0 bridgehead atoms. The van der Waals surface area contributed by atoms with Crippen LogP contribution in [0.1, 0.15) is 45.4 Å². The Labute approximate surface area is 109 Å². The Bertz CT molecular complexity index is 269. The molecule has 1 rings (SSSR count). The van der Waals surface area contributed by atoms with Gasteiger partial charge >= 0.3 is 102 Å². The van der Waals surface area contributed by atoms with Crippen LogP contribution in [0.5, 0.6) is 5.75 Å². The third-order valence-electron chi connectivity index (χ3n) is 2.79. The van der Waals surface area contributed by atoms with E-state index < -0.39 is 0 Å². The van der Waals surface area contributed by atoms with Crippen LogP contribution in [-0.4, -0.2) is 24.3 Å². The normalized spacial score (nSPS) is 10.4. The number of rotatable bonds is 8. The standard InChI is InChI=1S/C14H21O.Li/c1-2-3-4-5-6-10-13-15-14-11-8-7-9-12-14;/h8-9,11-12H,2-6,10,13H2,1H3;. The number of benzene rings is 1. The second-order valence-electron chi connectivity index (χ2n) is 4.43. The van der Waals surface area contributed by atoms with Crippen molar-refractivity contribution < 1.29 is 4.74 Å². The van der Waals surface area contributed by atoms with Crippen LogP contribution in [0.2, 0.25) is 0 Å². The second-order valence-corrected chi connectivity index (χ2v) is 4.43. The number of unbranched alkanes of at least 4 members (excludes halogenated alkanes) is 5. The van der Waals surface area contributed by atoms with Gasteiger partial charge in [0.15, 0.2) is 0 Å². The van der Waals surface area contributed by atoms with Gasteiger partial charge in [0.1, 0.15) is 0 Å². The molecule has 0 amide bonds. The molecule has 0 atom stereocenters. The van der Waals surface area contributed by atoms with Crippen molar-refractivity contribution in [3.8, 4) is 5.75 Å². The molecule has 1 aromatic rings. The first-order valence-electron chi connectivity index (χ1n) is 6.52. The van der Waals surface area contributed by atoms with Gasteiger partial charge in [-0.1, -0.05) is 6.92 Å². The van der Waals surface area contributed by atoms with Crippen molar-refractivity contribution in [2.24, 2.45) is 0 Å². The zero-order valence-electron chi connectivity index (χ0n) is 10.7. The van der Waals surface area contributed by atoms with Crippen LogP contribution in [0.4, 0.5) is 0 Å². The van der Waals surface area contributed by atoms with Crippen LogP contribution < -0.4 is 8.97 Å². The third-order valence-corrected chi connectivity index (χ3v) is 2.79. The van der Waals surface area contributed by atoms with E-state index in [1.807, 2.05) is 12.1 Å². The van der Waals surface area contributed by atoms with Crippen molar-refractivity contribution in [1.29, 1.82) is 0 Å². The predicted octanol–water partition coefficient (Wildman–Crippen LogP) is 3.22. The van der Waals surface area contributed by atoms with Crippen molar-refractivity contribution in [2.75, 3.05) is 6.61 Å². The minimum atomic E-state index is 0.856. The molecule has 0 N–H and O–H groups in total. The van der Waals surface area contributed by atoms with Gasteiger partial charge in [-0.25, -0.2) is 0 Å². The zero-order chi connectivity index (χ0) is 11.6. The molecule has 0 aromatic heterocycles. The number of hydrogen-bond donors (Lipinski definition) is 0. The second kappa shape index (κ2) is 8.73. The van der Waals surface area contributed by atoms with Crippen molar-refractivity contribution >= 4 is 22.0 Å². The third kappa shape index (κ3) is 6.25. The molecule has 0 saturated carbocycles. The van der Waals surface area contributed by atoms with Gasteiger partial charge in [-0.2, -0.15) is 0 Å². The molecule has 0 spiro atoms. The molecule has 16 heavy (non-hydrogen) atoms. The van der Waals surface area contributed by atoms with Gasteiger partial charge in [-0.3, -0.25) is 0 Å². The van der Waals surface area contributed by atoms with E-state index in [1.165, 1.54) is 42.8 Å². The van der Waals surface area contributed by atoms with E-state index in [0.29, 0.717) is 0 Å². The van der Waals surface area contributed by atoms with Crippen LogP contribution in [0.25, 0.3) is 0 Å². The van der Waals surface area contributed by atoms with Gasteiger partial charge in [0.25, 0.3) is 0 Å². The summed E-state index contributed by atoms with van der Waals surface area (Å²) in [5.74, 6) is 0.999. The summed E-state index contributed by atoms with van der Waals surface area (Å²) in [7, 11) is 0. The summed E-state index contributed by atoms with van der Waals surface area (Å²) >= 11 is 2.09. The summed E-state index contributed by atoms with van der Waals surface area (Å²) in [5, 5.41) is 0. The Morgan fingerprint density at radius 1 is 0.938 bits per heavy atom. The van der Waals surface area contributed by atoms with Crippen molar-refractivity contribution in [3.63, 3.8) is 0 Å². The van der Waals surface area contributed by atoms with E-state index in [-0.39, 0.29) is 0 Å². The summed E-state index contributed by atoms with van der Waals surface area (Å²) < 4.78 is 6.95. The van der Waals surface area contributed by atoms with Crippen molar-refractivity contribution in [1.82, 2.24) is 0 Å². The molecule has 1 nitrogen and oxygen atoms in total. The first-order chi connectivity index (χ1) is 7.83. The maximum atomic E-state index is 5.67. The quantitative estimate of drug-likeness (QED) is 0.475. The summed E-state index contributed by atoms with van der Waals surface area (Å²) in [6.07, 6.45) is 7.90. The van der Waals surface area contributed by atoms with Crippen LogP contribution in [0.15, 0.2) is 24.3 Å². The predicted molar refractivity (Wildman–Crippen MR) is 70.7 cm³/mol. The summed E-state index contributed by atoms with van der Waals surface area (Å²) in [5.41, 5.74) is 0. The average Bonchev–Trinajstić information content (AvgIpc) is 2.30. The van der Waals surface area contributed by atoms with Gasteiger partial charge in [0.2, 0.25) is 0 Å². The zero-order valence-corrected chi connectivity index (χ0v) is 10.7. The Kier molecular flexibility index (Phi) is 7.47. The number of hydrogen-bond acceptors (Lipinski definition) is 1. The molecule has 0 radical (unpaired) electrons. The summed E-state index contributed by atoms with van der Waals surface area (Å²) in [4.78, 5) is 0. The van der Waals surface area contributed by atoms with E-state index in [0.717, 1.165) is 12.4 Å². The Hall–Kier alpha value is -0.383. The molecule has 0 saturated heterocycles. The maximum absolute atomic E-state index is 5.67. The Morgan fingerprint density at radius 2 is 1.56 bits per heavy atom. The van der Waals surface area contributed by atoms with Crippen LogP contribution in [0.3, 0.4) is 0 Å². The molecule has 0 aliphatic rings. The Balaban J connectivity index is 2.01. The van der Waals surface area contributed by atoms with E-state index in [9.17, 15) is 0 Å². The first-order valence-corrected chi connectivity index (χ1v) is 6.52. The molecule has 0 heterocycles. The monoisotopic (exact) mass is 212 g/mol. The van der Waals surface area contributed by atoms with E-state index >= 15 is 0 Å². The fourth-order valence-electron chi connectivity index (χ4n) is 1.71. The van der Waals surface area contributed by atoms with Crippen molar-refractivity contribution in [2.45, 2.75) is 45.4 Å². The molecule has 0 aliphatic heterocycles. The molecule has 0 aliphatic carbocycles. The van der Waals surface area contributed by atoms with Crippen molar-refractivity contribution in [3.05, 3.63) is 24.3 Å². The Morgan fingerprint density at radius 3 is 2.25 bits per heavy atom. The minimum absolute atomic E-state index is 0.856. The van der Waals surface area contributed by atoms with E-state index in [4.69, 9.17) is 4.74 Å². The summed E-state index contributed by atoms with van der Waals surface area (Å²) in [6, 6.07) is 8.28. The van der Waals surface area contributed by atoms with E-state index in [2.05, 4.69) is 36.8 Å². The van der Waals surface area contributed by atoms with Gasteiger partial charge in [0.05, 0.1) is 0 Å². The molecule has 1 aromatic carbocycles. The van der Waals surface area contributed by atoms with Gasteiger partial charge in [-0.15, -0.1) is 0 Å². The van der Waals surface area contributed by atoms with Gasteiger partial charge in [0, 0.05) is 0 Å². The van der Waals surface area contributed by atoms with E-state index in [1.54, 1.807) is 0 Å². The fraction of sp³-hybridized carbons (Fsp3) is 0.571.